The Morgan fingerprint density at radius 2 is 2.25 bits per heavy atom. The van der Waals surface area contributed by atoms with Gasteiger partial charge in [0.1, 0.15) is 5.01 Å². The Balaban J connectivity index is 1.72. The van der Waals surface area contributed by atoms with Gasteiger partial charge in [-0.3, -0.25) is 4.68 Å². The van der Waals surface area contributed by atoms with Crippen LogP contribution in [-0.4, -0.2) is 20.8 Å². The summed E-state index contributed by atoms with van der Waals surface area (Å²) in [6.07, 6.45) is 8.24. The van der Waals surface area contributed by atoms with Gasteiger partial charge < -0.3 is 5.32 Å². The summed E-state index contributed by atoms with van der Waals surface area (Å²) >= 11 is 1.90. The highest BCUT2D eigenvalue weighted by atomic mass is 32.1. The summed E-state index contributed by atoms with van der Waals surface area (Å²) in [4.78, 5) is 6.42. The summed E-state index contributed by atoms with van der Waals surface area (Å²) in [5, 5.41) is 9.40. The molecule has 20 heavy (non-hydrogen) atoms. The maximum absolute atomic E-state index is 4.92. The van der Waals surface area contributed by atoms with E-state index in [9.17, 15) is 0 Å². The number of hydrogen-bond acceptors (Lipinski definition) is 4. The van der Waals surface area contributed by atoms with Crippen molar-refractivity contribution < 1.29 is 0 Å². The van der Waals surface area contributed by atoms with Crippen molar-refractivity contribution in [2.75, 3.05) is 0 Å². The molecule has 1 N–H and O–H groups in total. The number of aromatic nitrogens is 3. The third kappa shape index (κ3) is 2.09. The van der Waals surface area contributed by atoms with Crippen molar-refractivity contribution in [2.45, 2.75) is 51.1 Å². The van der Waals surface area contributed by atoms with Gasteiger partial charge in [0, 0.05) is 29.2 Å². The lowest BCUT2D eigenvalue weighted by atomic mass is 10.1. The van der Waals surface area contributed by atoms with Crippen LogP contribution in [0.2, 0.25) is 0 Å². The van der Waals surface area contributed by atoms with E-state index < -0.39 is 0 Å². The van der Waals surface area contributed by atoms with E-state index in [1.807, 2.05) is 29.3 Å². The first-order chi connectivity index (χ1) is 9.72. The van der Waals surface area contributed by atoms with Crippen LogP contribution in [0.4, 0.5) is 0 Å². The molecule has 2 aromatic rings. The number of fused-ring (bicyclic) bond motifs is 1. The molecule has 1 unspecified atom stereocenters. The molecule has 0 saturated heterocycles. The molecule has 0 bridgehead atoms. The number of hydrogen-bond donors (Lipinski definition) is 1. The Morgan fingerprint density at radius 3 is 2.90 bits per heavy atom. The van der Waals surface area contributed by atoms with Gasteiger partial charge in [-0.25, -0.2) is 4.98 Å². The molecule has 2 aliphatic rings. The molecule has 0 amide bonds. The van der Waals surface area contributed by atoms with E-state index >= 15 is 0 Å². The monoisotopic (exact) mass is 288 g/mol. The fourth-order valence-corrected chi connectivity index (χ4v) is 4.15. The number of rotatable bonds is 4. The SMILES string of the molecule is Cc1c(C(NC2CC2)c2nc3c(s2)CCC3)cnn1C. The minimum absolute atomic E-state index is 0.229. The quantitative estimate of drug-likeness (QED) is 0.940. The summed E-state index contributed by atoms with van der Waals surface area (Å²) in [6.45, 7) is 2.14. The van der Waals surface area contributed by atoms with Crippen LogP contribution in [0.3, 0.4) is 0 Å². The van der Waals surface area contributed by atoms with Crippen LogP contribution >= 0.6 is 11.3 Å². The molecule has 0 aliphatic heterocycles. The van der Waals surface area contributed by atoms with Gasteiger partial charge in [0.15, 0.2) is 0 Å². The lowest BCUT2D eigenvalue weighted by molar-refractivity contribution is 0.592. The molecule has 1 atom stereocenters. The Labute approximate surface area is 123 Å². The third-order valence-electron chi connectivity index (χ3n) is 4.42. The summed E-state index contributed by atoms with van der Waals surface area (Å²) in [7, 11) is 2.01. The molecule has 0 spiro atoms. The molecule has 5 heteroatoms. The van der Waals surface area contributed by atoms with Crippen molar-refractivity contribution in [3.05, 3.63) is 33.0 Å². The topological polar surface area (TPSA) is 42.7 Å². The number of thiazole rings is 1. The van der Waals surface area contributed by atoms with Crippen molar-refractivity contribution in [3.63, 3.8) is 0 Å². The van der Waals surface area contributed by atoms with Crippen molar-refractivity contribution in [2.24, 2.45) is 7.05 Å². The molecule has 1 saturated carbocycles. The molecular formula is C15H20N4S. The Morgan fingerprint density at radius 1 is 1.40 bits per heavy atom. The summed E-state index contributed by atoms with van der Waals surface area (Å²) in [6, 6.07) is 0.894. The minimum Gasteiger partial charge on any atom is -0.301 e. The molecule has 106 valence electrons. The second kappa shape index (κ2) is 4.67. The first kappa shape index (κ1) is 12.5. The van der Waals surface area contributed by atoms with Gasteiger partial charge in [-0.1, -0.05) is 0 Å². The maximum atomic E-state index is 4.92. The van der Waals surface area contributed by atoms with Crippen molar-refractivity contribution in [1.29, 1.82) is 0 Å². The zero-order valence-corrected chi connectivity index (χ0v) is 12.8. The summed E-state index contributed by atoms with van der Waals surface area (Å²) in [5.41, 5.74) is 3.86. The molecular weight excluding hydrogens is 268 g/mol. The third-order valence-corrected chi connectivity index (χ3v) is 5.65. The second-order valence-corrected chi connectivity index (χ2v) is 7.07. The first-order valence-electron chi connectivity index (χ1n) is 7.45. The lowest BCUT2D eigenvalue weighted by Crippen LogP contribution is -2.25. The van der Waals surface area contributed by atoms with Crippen LogP contribution in [0.5, 0.6) is 0 Å². The highest BCUT2D eigenvalue weighted by Crippen LogP contribution is 2.36. The summed E-state index contributed by atoms with van der Waals surface area (Å²) in [5.74, 6) is 0. The molecule has 1 fully saturated rings. The van der Waals surface area contributed by atoms with E-state index in [1.54, 1.807) is 0 Å². The van der Waals surface area contributed by atoms with E-state index in [0.29, 0.717) is 6.04 Å². The predicted octanol–water partition coefficient (Wildman–Crippen LogP) is 2.52. The number of nitrogens with zero attached hydrogens (tertiary/aromatic N) is 3. The van der Waals surface area contributed by atoms with Gasteiger partial charge in [0.05, 0.1) is 17.9 Å². The molecule has 0 radical (unpaired) electrons. The highest BCUT2D eigenvalue weighted by Gasteiger charge is 2.31. The van der Waals surface area contributed by atoms with E-state index in [2.05, 4.69) is 17.3 Å². The number of aryl methyl sites for hydroxylation is 3. The normalized spacial score (nSPS) is 19.3. The average Bonchev–Trinajstić information content (AvgIpc) is 2.84. The van der Waals surface area contributed by atoms with Crippen LogP contribution in [-0.2, 0) is 19.9 Å². The molecule has 4 nitrogen and oxygen atoms in total. The van der Waals surface area contributed by atoms with Crippen molar-refractivity contribution in [1.82, 2.24) is 20.1 Å². The van der Waals surface area contributed by atoms with Gasteiger partial charge in [0.25, 0.3) is 0 Å². The highest BCUT2D eigenvalue weighted by molar-refractivity contribution is 7.11. The predicted molar refractivity (Wildman–Crippen MR) is 80.1 cm³/mol. The van der Waals surface area contributed by atoms with Crippen LogP contribution in [0.15, 0.2) is 6.20 Å². The maximum Gasteiger partial charge on any atom is 0.115 e. The Hall–Kier alpha value is -1.20. The number of nitrogens with one attached hydrogen (secondary N) is 1. The molecule has 2 heterocycles. The van der Waals surface area contributed by atoms with Crippen molar-refractivity contribution >= 4 is 11.3 Å². The molecule has 2 aromatic heterocycles. The van der Waals surface area contributed by atoms with Crippen LogP contribution in [0, 0.1) is 6.92 Å². The standard InChI is InChI=1S/C15H20N4S/c1-9-11(8-16-19(9)2)14(17-10-6-7-10)15-18-12-4-3-5-13(12)20-15/h8,10,14,17H,3-7H2,1-2H3. The molecule has 4 rings (SSSR count). The Bertz CT molecular complexity index is 617. The van der Waals surface area contributed by atoms with Crippen LogP contribution in [0.25, 0.3) is 0 Å². The van der Waals surface area contributed by atoms with E-state index in [-0.39, 0.29) is 6.04 Å². The largest absolute Gasteiger partial charge is 0.301 e. The average molecular weight is 288 g/mol. The van der Waals surface area contributed by atoms with Gasteiger partial charge in [-0.2, -0.15) is 5.10 Å². The van der Waals surface area contributed by atoms with E-state index in [4.69, 9.17) is 4.98 Å². The van der Waals surface area contributed by atoms with Gasteiger partial charge >= 0.3 is 0 Å². The van der Waals surface area contributed by atoms with Gasteiger partial charge in [-0.05, 0) is 39.0 Å². The fourth-order valence-electron chi connectivity index (χ4n) is 2.91. The summed E-state index contributed by atoms with van der Waals surface area (Å²) < 4.78 is 1.96. The van der Waals surface area contributed by atoms with E-state index in [0.717, 1.165) is 6.42 Å². The fraction of sp³-hybridized carbons (Fsp3) is 0.600. The lowest BCUT2D eigenvalue weighted by Gasteiger charge is -2.16. The first-order valence-corrected chi connectivity index (χ1v) is 8.27. The zero-order chi connectivity index (χ0) is 13.7. The molecule has 0 aromatic carbocycles. The second-order valence-electron chi connectivity index (χ2n) is 5.96. The molecule has 2 aliphatic carbocycles. The smallest absolute Gasteiger partial charge is 0.115 e. The zero-order valence-electron chi connectivity index (χ0n) is 12.0. The van der Waals surface area contributed by atoms with E-state index in [1.165, 1.54) is 52.5 Å². The Kier molecular flexibility index (Phi) is 2.93. The van der Waals surface area contributed by atoms with Crippen LogP contribution in [0.1, 0.15) is 52.1 Å². The minimum atomic E-state index is 0.229. The van der Waals surface area contributed by atoms with Gasteiger partial charge in [0.2, 0.25) is 0 Å². The van der Waals surface area contributed by atoms with Crippen molar-refractivity contribution in [3.8, 4) is 0 Å². The van der Waals surface area contributed by atoms with Crippen LogP contribution < -0.4 is 5.32 Å². The van der Waals surface area contributed by atoms with Gasteiger partial charge in [-0.15, -0.1) is 11.3 Å².